The summed E-state index contributed by atoms with van der Waals surface area (Å²) in [6, 6.07) is 0. The maximum atomic E-state index is 12.4. The molecular weight excluding hydrogens is 262 g/mol. The summed E-state index contributed by atoms with van der Waals surface area (Å²) in [5.74, 6) is 0. The number of nitrogens with two attached hydrogens (primary N) is 1. The third-order valence-corrected chi connectivity index (χ3v) is 6.19. The van der Waals surface area contributed by atoms with Crippen molar-refractivity contribution in [2.75, 3.05) is 19.6 Å². The van der Waals surface area contributed by atoms with E-state index in [-0.39, 0.29) is 0 Å². The molecule has 0 spiro atoms. The number of hydrogen-bond acceptors (Lipinski definition) is 3. The smallest absolute Gasteiger partial charge is 0.279 e. The van der Waals surface area contributed by atoms with Gasteiger partial charge < -0.3 is 5.73 Å². The summed E-state index contributed by atoms with van der Waals surface area (Å²) in [5.41, 5.74) is 5.50. The monoisotopic (exact) mass is 289 g/mol. The normalized spacial score (nSPS) is 25.9. The molecule has 6 heteroatoms. The van der Waals surface area contributed by atoms with Gasteiger partial charge in [0.15, 0.2) is 0 Å². The Morgan fingerprint density at radius 3 is 2.00 bits per heavy atom. The minimum Gasteiger partial charge on any atom is -0.329 e. The number of rotatable bonds is 4. The van der Waals surface area contributed by atoms with Crippen LogP contribution in [0.25, 0.3) is 0 Å². The molecule has 0 amide bonds. The van der Waals surface area contributed by atoms with Crippen molar-refractivity contribution in [3.8, 4) is 0 Å². The van der Waals surface area contributed by atoms with Crippen LogP contribution < -0.4 is 10.5 Å². The summed E-state index contributed by atoms with van der Waals surface area (Å²) in [5, 5.41) is 0. The van der Waals surface area contributed by atoms with E-state index >= 15 is 0 Å². The van der Waals surface area contributed by atoms with E-state index in [1.807, 2.05) is 0 Å². The summed E-state index contributed by atoms with van der Waals surface area (Å²) >= 11 is 0. The predicted molar refractivity (Wildman–Crippen MR) is 77.0 cm³/mol. The van der Waals surface area contributed by atoms with Gasteiger partial charge in [0.1, 0.15) is 0 Å². The Morgan fingerprint density at radius 1 is 0.947 bits per heavy atom. The summed E-state index contributed by atoms with van der Waals surface area (Å²) in [4.78, 5) is 0. The molecule has 19 heavy (non-hydrogen) atoms. The molecule has 1 saturated carbocycles. The van der Waals surface area contributed by atoms with E-state index in [2.05, 4.69) is 4.72 Å². The largest absolute Gasteiger partial charge is 0.329 e. The van der Waals surface area contributed by atoms with Gasteiger partial charge in [0, 0.05) is 25.2 Å². The van der Waals surface area contributed by atoms with Gasteiger partial charge >= 0.3 is 0 Å². The first-order valence-corrected chi connectivity index (χ1v) is 9.01. The summed E-state index contributed by atoms with van der Waals surface area (Å²) < 4.78 is 29.4. The van der Waals surface area contributed by atoms with Crippen molar-refractivity contribution in [2.24, 2.45) is 5.73 Å². The van der Waals surface area contributed by atoms with Crippen LogP contribution in [0.1, 0.15) is 57.8 Å². The van der Waals surface area contributed by atoms with Gasteiger partial charge in [0.25, 0.3) is 10.2 Å². The lowest BCUT2D eigenvalue weighted by atomic mass is 9.85. The Morgan fingerprint density at radius 2 is 1.47 bits per heavy atom. The van der Waals surface area contributed by atoms with E-state index in [9.17, 15) is 8.42 Å². The Labute approximate surface area is 117 Å². The molecule has 1 aliphatic carbocycles. The lowest BCUT2D eigenvalue weighted by Gasteiger charge is -2.36. The fourth-order valence-corrected chi connectivity index (χ4v) is 4.90. The number of nitrogens with zero attached hydrogens (tertiary/aromatic N) is 1. The Hall–Kier alpha value is -0.170. The highest BCUT2D eigenvalue weighted by molar-refractivity contribution is 7.87. The zero-order chi connectivity index (χ0) is 13.8. The minimum absolute atomic E-state index is 0.403. The molecule has 112 valence electrons. The van der Waals surface area contributed by atoms with Crippen molar-refractivity contribution in [1.82, 2.24) is 9.03 Å². The molecule has 2 aliphatic rings. The second-order valence-electron chi connectivity index (χ2n) is 5.97. The zero-order valence-electron chi connectivity index (χ0n) is 11.7. The molecular formula is C13H27N3O2S. The molecule has 0 atom stereocenters. The van der Waals surface area contributed by atoms with E-state index < -0.39 is 15.7 Å². The topological polar surface area (TPSA) is 75.4 Å². The van der Waals surface area contributed by atoms with Crippen molar-refractivity contribution in [2.45, 2.75) is 63.3 Å². The highest BCUT2D eigenvalue weighted by Gasteiger charge is 2.36. The lowest BCUT2D eigenvalue weighted by Crippen LogP contribution is -2.57. The van der Waals surface area contributed by atoms with Gasteiger partial charge in [-0.2, -0.15) is 17.4 Å². The second kappa shape index (κ2) is 6.52. The van der Waals surface area contributed by atoms with Crippen LogP contribution in [0.15, 0.2) is 0 Å². The van der Waals surface area contributed by atoms with Gasteiger partial charge in [0.05, 0.1) is 0 Å². The molecule has 1 aliphatic heterocycles. The minimum atomic E-state index is -3.35. The fourth-order valence-electron chi connectivity index (χ4n) is 3.20. The van der Waals surface area contributed by atoms with Crippen molar-refractivity contribution >= 4 is 10.2 Å². The van der Waals surface area contributed by atoms with Crippen molar-refractivity contribution in [1.29, 1.82) is 0 Å². The van der Waals surface area contributed by atoms with Crippen LogP contribution in [0.4, 0.5) is 0 Å². The molecule has 2 fully saturated rings. The van der Waals surface area contributed by atoms with Gasteiger partial charge in [-0.05, 0) is 25.7 Å². The fraction of sp³-hybridized carbons (Fsp3) is 1.00. The van der Waals surface area contributed by atoms with E-state index in [1.54, 1.807) is 4.31 Å². The SMILES string of the molecule is NCC1(NS(=O)(=O)N2CCCC2)CCCCCCC1. The molecule has 2 rings (SSSR count). The second-order valence-corrected chi connectivity index (χ2v) is 7.64. The number of nitrogens with one attached hydrogen (secondary N) is 1. The van der Waals surface area contributed by atoms with Crippen LogP contribution in [0.3, 0.4) is 0 Å². The van der Waals surface area contributed by atoms with Crippen molar-refractivity contribution in [3.63, 3.8) is 0 Å². The van der Waals surface area contributed by atoms with E-state index in [1.165, 1.54) is 19.3 Å². The maximum absolute atomic E-state index is 12.4. The molecule has 3 N–H and O–H groups in total. The molecule has 5 nitrogen and oxygen atoms in total. The third-order valence-electron chi connectivity index (χ3n) is 4.45. The quantitative estimate of drug-likeness (QED) is 0.820. The molecule has 1 heterocycles. The van der Waals surface area contributed by atoms with E-state index in [0.717, 1.165) is 38.5 Å². The van der Waals surface area contributed by atoms with Crippen LogP contribution in [0.2, 0.25) is 0 Å². The molecule has 0 bridgehead atoms. The van der Waals surface area contributed by atoms with Crippen LogP contribution in [0.5, 0.6) is 0 Å². The molecule has 0 aromatic carbocycles. The van der Waals surface area contributed by atoms with Crippen LogP contribution in [-0.4, -0.2) is 37.9 Å². The average Bonchev–Trinajstić information content (AvgIpc) is 2.87. The molecule has 1 saturated heterocycles. The molecule has 0 aromatic rings. The summed E-state index contributed by atoms with van der Waals surface area (Å²) in [7, 11) is -3.35. The predicted octanol–water partition coefficient (Wildman–Crippen LogP) is 1.36. The summed E-state index contributed by atoms with van der Waals surface area (Å²) in [6.07, 6.45) is 9.46. The van der Waals surface area contributed by atoms with Gasteiger partial charge in [-0.15, -0.1) is 0 Å². The van der Waals surface area contributed by atoms with Gasteiger partial charge in [-0.3, -0.25) is 0 Å². The van der Waals surface area contributed by atoms with Gasteiger partial charge in [-0.25, -0.2) is 0 Å². The molecule has 0 aromatic heterocycles. The van der Waals surface area contributed by atoms with Gasteiger partial charge in [0.2, 0.25) is 0 Å². The molecule has 0 unspecified atom stereocenters. The maximum Gasteiger partial charge on any atom is 0.279 e. The van der Waals surface area contributed by atoms with Crippen LogP contribution in [-0.2, 0) is 10.2 Å². The van der Waals surface area contributed by atoms with Crippen LogP contribution >= 0.6 is 0 Å². The van der Waals surface area contributed by atoms with Crippen molar-refractivity contribution in [3.05, 3.63) is 0 Å². The summed E-state index contributed by atoms with van der Waals surface area (Å²) in [6.45, 7) is 1.70. The number of hydrogen-bond donors (Lipinski definition) is 2. The average molecular weight is 289 g/mol. The standard InChI is InChI=1S/C13H27N3O2S/c14-12-13(8-4-2-1-3-5-9-13)15-19(17,18)16-10-6-7-11-16/h15H,1-12,14H2. The molecule has 0 radical (unpaired) electrons. The Balaban J connectivity index is 2.07. The first-order valence-electron chi connectivity index (χ1n) is 7.57. The van der Waals surface area contributed by atoms with E-state index in [4.69, 9.17) is 5.73 Å². The first kappa shape index (κ1) is 15.2. The first-order chi connectivity index (χ1) is 9.08. The van der Waals surface area contributed by atoms with Gasteiger partial charge in [-0.1, -0.05) is 32.1 Å². The highest BCUT2D eigenvalue weighted by Crippen LogP contribution is 2.27. The zero-order valence-corrected chi connectivity index (χ0v) is 12.6. The lowest BCUT2D eigenvalue weighted by molar-refractivity contribution is 0.288. The highest BCUT2D eigenvalue weighted by atomic mass is 32.2. The Kier molecular flexibility index (Phi) is 5.22. The van der Waals surface area contributed by atoms with Crippen molar-refractivity contribution < 1.29 is 8.42 Å². The Bertz CT molecular complexity index is 369. The van der Waals surface area contributed by atoms with Crippen LogP contribution in [0, 0.1) is 0 Å². The third kappa shape index (κ3) is 3.90. The van der Waals surface area contributed by atoms with E-state index in [0.29, 0.717) is 19.6 Å².